The van der Waals surface area contributed by atoms with E-state index in [0.717, 1.165) is 10.2 Å². The summed E-state index contributed by atoms with van der Waals surface area (Å²) in [5.41, 5.74) is 4.19. The van der Waals surface area contributed by atoms with E-state index in [-0.39, 0.29) is 23.9 Å². The molecule has 0 radical (unpaired) electrons. The van der Waals surface area contributed by atoms with Crippen LogP contribution in [0.15, 0.2) is 53.6 Å². The molecule has 130 valence electrons. The maximum Gasteiger partial charge on any atom is 0.237 e. The number of rotatable bonds is 4. The van der Waals surface area contributed by atoms with Crippen molar-refractivity contribution in [3.8, 4) is 0 Å². The molecule has 3 aromatic rings. The van der Waals surface area contributed by atoms with Crippen LogP contribution in [0, 0.1) is 5.92 Å². The third kappa shape index (κ3) is 3.18. The van der Waals surface area contributed by atoms with Gasteiger partial charge in [-0.2, -0.15) is 5.10 Å². The maximum atomic E-state index is 12.7. The summed E-state index contributed by atoms with van der Waals surface area (Å²) >= 11 is 7.24. The van der Waals surface area contributed by atoms with Gasteiger partial charge in [0.05, 0.1) is 16.8 Å². The van der Waals surface area contributed by atoms with Gasteiger partial charge >= 0.3 is 0 Å². The highest BCUT2D eigenvalue weighted by molar-refractivity contribution is 7.22. The fourth-order valence-corrected chi connectivity index (χ4v) is 3.68. The van der Waals surface area contributed by atoms with E-state index in [1.54, 1.807) is 24.3 Å². The van der Waals surface area contributed by atoms with Crippen LogP contribution >= 0.6 is 22.9 Å². The number of aromatic nitrogens is 1. The van der Waals surface area contributed by atoms with Crippen molar-refractivity contribution in [2.24, 2.45) is 11.0 Å². The molecule has 1 atom stereocenters. The van der Waals surface area contributed by atoms with Crippen LogP contribution in [-0.4, -0.2) is 28.9 Å². The minimum atomic E-state index is -0.676. The number of fused-ring (bicyclic) bond motifs is 1. The molecule has 0 saturated heterocycles. The lowest BCUT2D eigenvalue weighted by Crippen LogP contribution is -2.34. The third-order valence-electron chi connectivity index (χ3n) is 4.00. The number of para-hydroxylation sites is 1. The number of halogens is 1. The number of hydrazone groups is 1. The van der Waals surface area contributed by atoms with E-state index in [2.05, 4.69) is 20.8 Å². The van der Waals surface area contributed by atoms with Gasteiger partial charge in [0, 0.05) is 10.6 Å². The molecule has 0 spiro atoms. The van der Waals surface area contributed by atoms with Gasteiger partial charge in [0.25, 0.3) is 0 Å². The zero-order chi connectivity index (χ0) is 18.1. The molecule has 0 saturated carbocycles. The van der Waals surface area contributed by atoms with E-state index in [9.17, 15) is 9.59 Å². The van der Waals surface area contributed by atoms with Crippen molar-refractivity contribution < 1.29 is 9.59 Å². The zero-order valence-electron chi connectivity index (χ0n) is 13.4. The highest BCUT2D eigenvalue weighted by Crippen LogP contribution is 2.26. The van der Waals surface area contributed by atoms with Crippen molar-refractivity contribution in [1.82, 2.24) is 10.4 Å². The number of Topliss-reactive ketones (excluding diaryl/α,β-unsaturated/α-hetero) is 1. The molecule has 1 aliphatic heterocycles. The Balaban J connectivity index is 1.52. The number of amides is 1. The first kappa shape index (κ1) is 16.7. The van der Waals surface area contributed by atoms with Gasteiger partial charge in [-0.25, -0.2) is 4.98 Å². The number of benzene rings is 2. The molecule has 1 aliphatic rings. The summed E-state index contributed by atoms with van der Waals surface area (Å²) in [7, 11) is 0. The first-order valence-electron chi connectivity index (χ1n) is 7.89. The lowest BCUT2D eigenvalue weighted by atomic mass is 9.96. The Morgan fingerprint density at radius 1 is 1.15 bits per heavy atom. The topological polar surface area (TPSA) is 83.5 Å². The lowest BCUT2D eigenvalue weighted by molar-refractivity contribution is -0.117. The van der Waals surface area contributed by atoms with E-state index < -0.39 is 5.92 Å². The average Bonchev–Trinajstić information content (AvgIpc) is 3.28. The maximum absolute atomic E-state index is 12.7. The Labute approximate surface area is 157 Å². The van der Waals surface area contributed by atoms with Gasteiger partial charge in [0.1, 0.15) is 11.6 Å². The molecule has 0 fully saturated rings. The molecule has 1 aromatic heterocycles. The normalized spacial score (nSPS) is 16.2. The Morgan fingerprint density at radius 2 is 1.92 bits per heavy atom. The first-order chi connectivity index (χ1) is 12.6. The van der Waals surface area contributed by atoms with Crippen LogP contribution in [0.3, 0.4) is 0 Å². The molecule has 1 unspecified atom stereocenters. The molecule has 2 aromatic carbocycles. The smallest absolute Gasteiger partial charge is 0.237 e. The number of carbonyl (C=O) groups is 2. The van der Waals surface area contributed by atoms with E-state index in [1.165, 1.54) is 11.3 Å². The molecular weight excluding hydrogens is 372 g/mol. The summed E-state index contributed by atoms with van der Waals surface area (Å²) in [4.78, 5) is 29.7. The predicted octanol–water partition coefficient (Wildman–Crippen LogP) is 3.35. The summed E-state index contributed by atoms with van der Waals surface area (Å²) in [6, 6.07) is 14.1. The summed E-state index contributed by atoms with van der Waals surface area (Å²) in [6.07, 6.45) is 0. The number of hydrogen-bond donors (Lipinski definition) is 2. The van der Waals surface area contributed by atoms with Crippen molar-refractivity contribution in [2.45, 2.75) is 0 Å². The van der Waals surface area contributed by atoms with Gasteiger partial charge < -0.3 is 10.7 Å². The number of nitrogens with one attached hydrogen (secondary N) is 2. The van der Waals surface area contributed by atoms with Crippen molar-refractivity contribution in [3.63, 3.8) is 0 Å². The van der Waals surface area contributed by atoms with Crippen molar-refractivity contribution in [3.05, 3.63) is 59.1 Å². The monoisotopic (exact) mass is 384 g/mol. The second kappa shape index (κ2) is 6.86. The van der Waals surface area contributed by atoms with Crippen LogP contribution in [0.2, 0.25) is 5.02 Å². The fourth-order valence-electron chi connectivity index (χ4n) is 2.69. The van der Waals surface area contributed by atoms with Gasteiger partial charge in [-0.3, -0.25) is 9.59 Å². The van der Waals surface area contributed by atoms with Crippen molar-refractivity contribution in [1.29, 1.82) is 0 Å². The number of thiazole rings is 1. The number of nitrogens with zero attached hydrogens (tertiary/aromatic N) is 2. The molecule has 0 aliphatic carbocycles. The van der Waals surface area contributed by atoms with Crippen LogP contribution in [0.1, 0.15) is 10.4 Å². The van der Waals surface area contributed by atoms with Gasteiger partial charge in [0.15, 0.2) is 5.13 Å². The lowest BCUT2D eigenvalue weighted by Gasteiger charge is -2.10. The van der Waals surface area contributed by atoms with Crippen molar-refractivity contribution >= 4 is 55.7 Å². The Bertz CT molecular complexity index is 996. The van der Waals surface area contributed by atoms with E-state index in [4.69, 9.17) is 11.6 Å². The second-order valence-corrected chi connectivity index (χ2v) is 7.19. The highest BCUT2D eigenvalue weighted by atomic mass is 35.5. The van der Waals surface area contributed by atoms with E-state index >= 15 is 0 Å². The van der Waals surface area contributed by atoms with Gasteiger partial charge in [-0.1, -0.05) is 35.1 Å². The largest absolute Gasteiger partial charge is 0.308 e. The SMILES string of the molecule is O=C(C1=NNCC1C(=O)Nc1nc2ccccc2s1)c1ccc(Cl)cc1. The van der Waals surface area contributed by atoms with Crippen molar-refractivity contribution in [2.75, 3.05) is 11.9 Å². The van der Waals surface area contributed by atoms with Gasteiger partial charge in [-0.15, -0.1) is 0 Å². The van der Waals surface area contributed by atoms with Crippen LogP contribution in [0.4, 0.5) is 5.13 Å². The predicted molar refractivity (Wildman–Crippen MR) is 103 cm³/mol. The molecule has 2 heterocycles. The molecule has 6 nitrogen and oxygen atoms in total. The Morgan fingerprint density at radius 3 is 2.69 bits per heavy atom. The van der Waals surface area contributed by atoms with Gasteiger partial charge in [0.2, 0.25) is 11.7 Å². The molecule has 0 bridgehead atoms. The zero-order valence-corrected chi connectivity index (χ0v) is 15.0. The standard InChI is InChI=1S/C18H13ClN4O2S/c19-11-7-5-10(6-8-11)16(24)15-12(9-20-23-15)17(25)22-18-21-13-3-1-2-4-14(13)26-18/h1-8,12,20H,9H2,(H,21,22,25). The molecule has 8 heteroatoms. The van der Waals surface area contributed by atoms with Crippen LogP contribution < -0.4 is 10.7 Å². The summed E-state index contributed by atoms with van der Waals surface area (Å²) in [5.74, 6) is -1.28. The second-order valence-electron chi connectivity index (χ2n) is 5.72. The molecular formula is C18H13ClN4O2S. The fraction of sp³-hybridized carbons (Fsp3) is 0.111. The first-order valence-corrected chi connectivity index (χ1v) is 9.08. The van der Waals surface area contributed by atoms with Gasteiger partial charge in [-0.05, 0) is 36.4 Å². The number of ketones is 1. The molecule has 26 heavy (non-hydrogen) atoms. The number of anilines is 1. The van der Waals surface area contributed by atoms with E-state index in [0.29, 0.717) is 15.7 Å². The quantitative estimate of drug-likeness (QED) is 0.676. The Hall–Kier alpha value is -2.77. The number of hydrogen-bond acceptors (Lipinski definition) is 6. The molecule has 4 rings (SSSR count). The minimum absolute atomic E-state index is 0.186. The minimum Gasteiger partial charge on any atom is -0.308 e. The Kier molecular flexibility index (Phi) is 4.40. The van der Waals surface area contributed by atoms with E-state index in [1.807, 2.05) is 24.3 Å². The van der Waals surface area contributed by atoms with Crippen LogP contribution in [0.25, 0.3) is 10.2 Å². The molecule has 2 N–H and O–H groups in total. The summed E-state index contributed by atoms with van der Waals surface area (Å²) in [6.45, 7) is 0.269. The summed E-state index contributed by atoms with van der Waals surface area (Å²) < 4.78 is 0.985. The average molecular weight is 385 g/mol. The number of carbonyl (C=O) groups excluding carboxylic acids is 2. The molecule has 1 amide bonds. The highest BCUT2D eigenvalue weighted by Gasteiger charge is 2.34. The van der Waals surface area contributed by atoms with Crippen LogP contribution in [-0.2, 0) is 4.79 Å². The van der Waals surface area contributed by atoms with Crippen LogP contribution in [0.5, 0.6) is 0 Å². The third-order valence-corrected chi connectivity index (χ3v) is 5.21. The summed E-state index contributed by atoms with van der Waals surface area (Å²) in [5, 5.41) is 7.86.